The van der Waals surface area contributed by atoms with Gasteiger partial charge in [0.1, 0.15) is 0 Å². The fraction of sp³-hybridized carbons (Fsp3) is 0.800. The van der Waals surface area contributed by atoms with Crippen LogP contribution in [-0.4, -0.2) is 40.7 Å². The molecule has 0 spiro atoms. The lowest BCUT2D eigenvalue weighted by Gasteiger charge is -2.30. The maximum atomic E-state index is 11.8. The molecule has 2 heterocycles. The maximum absolute atomic E-state index is 11.8. The third-order valence-corrected chi connectivity index (χ3v) is 3.62. The van der Waals surface area contributed by atoms with E-state index in [0.717, 1.165) is 25.2 Å². The number of rotatable bonds is 4. The van der Waals surface area contributed by atoms with Crippen LogP contribution in [0.5, 0.6) is 0 Å². The molecule has 1 aromatic rings. The molecule has 0 aromatic carbocycles. The van der Waals surface area contributed by atoms with Gasteiger partial charge in [-0.3, -0.25) is 9.69 Å². The number of esters is 1. The van der Waals surface area contributed by atoms with Gasteiger partial charge in [0.15, 0.2) is 5.82 Å². The summed E-state index contributed by atoms with van der Waals surface area (Å²) >= 11 is 0. The predicted molar refractivity (Wildman–Crippen MR) is 77.6 cm³/mol. The smallest absolute Gasteiger partial charge is 0.310 e. The van der Waals surface area contributed by atoms with E-state index in [9.17, 15) is 4.79 Å². The van der Waals surface area contributed by atoms with Gasteiger partial charge in [-0.1, -0.05) is 25.9 Å². The Morgan fingerprint density at radius 1 is 1.48 bits per heavy atom. The van der Waals surface area contributed by atoms with Crippen molar-refractivity contribution in [3.05, 3.63) is 11.7 Å². The Morgan fingerprint density at radius 2 is 2.24 bits per heavy atom. The van der Waals surface area contributed by atoms with Crippen LogP contribution in [0.15, 0.2) is 4.52 Å². The fourth-order valence-electron chi connectivity index (χ4n) is 2.47. The second-order valence-corrected chi connectivity index (χ2v) is 6.59. The number of likely N-dealkylation sites (tertiary alicyclic amines) is 1. The number of aromatic nitrogens is 2. The number of hydrogen-bond acceptors (Lipinski definition) is 6. The van der Waals surface area contributed by atoms with Crippen LogP contribution in [0.3, 0.4) is 0 Å². The summed E-state index contributed by atoms with van der Waals surface area (Å²) in [6, 6.07) is 0. The summed E-state index contributed by atoms with van der Waals surface area (Å²) in [6.07, 6.45) is 1.89. The molecule has 1 aliphatic rings. The SMILES string of the molecule is CCOC(=O)C1CCCN(Cc2nc(C(C)(C)C)no2)C1. The molecule has 0 amide bonds. The first-order valence-electron chi connectivity index (χ1n) is 7.62. The summed E-state index contributed by atoms with van der Waals surface area (Å²) in [5.41, 5.74) is -0.114. The first-order valence-corrected chi connectivity index (χ1v) is 7.62. The van der Waals surface area contributed by atoms with Crippen molar-refractivity contribution in [1.82, 2.24) is 15.0 Å². The van der Waals surface area contributed by atoms with Gasteiger partial charge in [0.05, 0.1) is 19.1 Å². The molecule has 1 atom stereocenters. The Hall–Kier alpha value is -1.43. The highest BCUT2D eigenvalue weighted by atomic mass is 16.5. The topological polar surface area (TPSA) is 68.5 Å². The molecule has 0 saturated carbocycles. The Morgan fingerprint density at radius 3 is 2.86 bits per heavy atom. The van der Waals surface area contributed by atoms with Crippen LogP contribution in [0, 0.1) is 5.92 Å². The van der Waals surface area contributed by atoms with E-state index < -0.39 is 0 Å². The van der Waals surface area contributed by atoms with E-state index in [2.05, 4.69) is 35.8 Å². The molecule has 6 nitrogen and oxygen atoms in total. The summed E-state index contributed by atoms with van der Waals surface area (Å²) in [4.78, 5) is 18.5. The molecule has 21 heavy (non-hydrogen) atoms. The summed E-state index contributed by atoms with van der Waals surface area (Å²) in [5.74, 6) is 1.20. The summed E-state index contributed by atoms with van der Waals surface area (Å²) in [5, 5.41) is 4.03. The number of carbonyl (C=O) groups is 1. The summed E-state index contributed by atoms with van der Waals surface area (Å²) < 4.78 is 10.4. The van der Waals surface area contributed by atoms with Gasteiger partial charge in [-0.05, 0) is 26.3 Å². The normalized spacial score (nSPS) is 20.5. The van der Waals surface area contributed by atoms with Crippen molar-refractivity contribution in [3.8, 4) is 0 Å². The first-order chi connectivity index (χ1) is 9.90. The van der Waals surface area contributed by atoms with Gasteiger partial charge in [0, 0.05) is 12.0 Å². The number of nitrogens with zero attached hydrogens (tertiary/aromatic N) is 3. The minimum Gasteiger partial charge on any atom is -0.466 e. The predicted octanol–water partition coefficient (Wildman–Crippen LogP) is 2.14. The second kappa shape index (κ2) is 6.56. The molecule has 6 heteroatoms. The molecule has 0 radical (unpaired) electrons. The lowest BCUT2D eigenvalue weighted by Crippen LogP contribution is -2.39. The third-order valence-electron chi connectivity index (χ3n) is 3.62. The van der Waals surface area contributed by atoms with Crippen LogP contribution >= 0.6 is 0 Å². The Balaban J connectivity index is 1.93. The Bertz CT molecular complexity index is 479. The van der Waals surface area contributed by atoms with E-state index in [0.29, 0.717) is 25.6 Å². The number of piperidine rings is 1. The molecule has 0 aliphatic carbocycles. The van der Waals surface area contributed by atoms with E-state index in [1.165, 1.54) is 0 Å². The van der Waals surface area contributed by atoms with E-state index in [-0.39, 0.29) is 17.3 Å². The van der Waals surface area contributed by atoms with E-state index in [1.54, 1.807) is 0 Å². The van der Waals surface area contributed by atoms with E-state index >= 15 is 0 Å². The molecule has 0 bridgehead atoms. The van der Waals surface area contributed by atoms with Gasteiger partial charge in [0.2, 0.25) is 5.89 Å². The molecule has 1 aromatic heterocycles. The summed E-state index contributed by atoms with van der Waals surface area (Å²) in [6.45, 7) is 10.7. The first kappa shape index (κ1) is 15.9. The van der Waals surface area contributed by atoms with Gasteiger partial charge in [-0.25, -0.2) is 0 Å². The molecule has 1 unspecified atom stereocenters. The molecule has 1 fully saturated rings. The lowest BCUT2D eigenvalue weighted by molar-refractivity contribution is -0.150. The van der Waals surface area contributed by atoms with Crippen LogP contribution < -0.4 is 0 Å². The second-order valence-electron chi connectivity index (χ2n) is 6.59. The van der Waals surface area contributed by atoms with Crippen molar-refractivity contribution in [2.45, 2.75) is 52.5 Å². The quantitative estimate of drug-likeness (QED) is 0.793. The lowest BCUT2D eigenvalue weighted by atomic mass is 9.96. The number of ether oxygens (including phenoxy) is 1. The van der Waals surface area contributed by atoms with Gasteiger partial charge >= 0.3 is 5.97 Å². The van der Waals surface area contributed by atoms with Crippen molar-refractivity contribution in [2.24, 2.45) is 5.92 Å². The van der Waals surface area contributed by atoms with Gasteiger partial charge < -0.3 is 9.26 Å². The van der Waals surface area contributed by atoms with Crippen LogP contribution in [0.25, 0.3) is 0 Å². The van der Waals surface area contributed by atoms with E-state index in [4.69, 9.17) is 9.26 Å². The maximum Gasteiger partial charge on any atom is 0.310 e. The molecular weight excluding hydrogens is 270 g/mol. The highest BCUT2D eigenvalue weighted by molar-refractivity contribution is 5.72. The van der Waals surface area contributed by atoms with Crippen molar-refractivity contribution in [3.63, 3.8) is 0 Å². The van der Waals surface area contributed by atoms with Crippen molar-refractivity contribution in [1.29, 1.82) is 0 Å². The Labute approximate surface area is 125 Å². The minimum absolute atomic E-state index is 0.0382. The van der Waals surface area contributed by atoms with Crippen LogP contribution in [0.2, 0.25) is 0 Å². The molecule has 118 valence electrons. The largest absolute Gasteiger partial charge is 0.466 e. The molecule has 2 rings (SSSR count). The highest BCUT2D eigenvalue weighted by Gasteiger charge is 2.28. The monoisotopic (exact) mass is 295 g/mol. The van der Waals surface area contributed by atoms with Crippen molar-refractivity contribution < 1.29 is 14.1 Å². The fourth-order valence-corrected chi connectivity index (χ4v) is 2.47. The van der Waals surface area contributed by atoms with Gasteiger partial charge in [-0.15, -0.1) is 0 Å². The van der Waals surface area contributed by atoms with Crippen molar-refractivity contribution in [2.75, 3.05) is 19.7 Å². The third kappa shape index (κ3) is 4.27. The zero-order valence-electron chi connectivity index (χ0n) is 13.4. The van der Waals surface area contributed by atoms with Crippen LogP contribution in [-0.2, 0) is 21.5 Å². The van der Waals surface area contributed by atoms with E-state index in [1.807, 2.05) is 6.92 Å². The average molecular weight is 295 g/mol. The van der Waals surface area contributed by atoms with Crippen LogP contribution in [0.1, 0.15) is 52.3 Å². The standard InChI is InChI=1S/C15H25N3O3/c1-5-20-13(19)11-7-6-8-18(9-11)10-12-16-14(17-21-12)15(2,3)4/h11H,5-10H2,1-4H3. The zero-order valence-corrected chi connectivity index (χ0v) is 13.4. The number of hydrogen-bond donors (Lipinski definition) is 0. The molecular formula is C15H25N3O3. The molecule has 0 N–H and O–H groups in total. The van der Waals surface area contributed by atoms with Gasteiger partial charge in [0.25, 0.3) is 0 Å². The highest BCUT2D eigenvalue weighted by Crippen LogP contribution is 2.21. The molecule has 1 aliphatic heterocycles. The summed E-state index contributed by atoms with van der Waals surface area (Å²) in [7, 11) is 0. The average Bonchev–Trinajstić information content (AvgIpc) is 2.88. The van der Waals surface area contributed by atoms with Crippen LogP contribution in [0.4, 0.5) is 0 Å². The zero-order chi connectivity index (χ0) is 15.5. The van der Waals surface area contributed by atoms with Crippen molar-refractivity contribution >= 4 is 5.97 Å². The number of carbonyl (C=O) groups excluding carboxylic acids is 1. The molecule has 1 saturated heterocycles. The Kier molecular flexibility index (Phi) is 4.98. The minimum atomic E-state index is -0.114. The van der Waals surface area contributed by atoms with Gasteiger partial charge in [-0.2, -0.15) is 4.98 Å².